The van der Waals surface area contributed by atoms with Crippen LogP contribution in [0.3, 0.4) is 0 Å². The Bertz CT molecular complexity index is 547. The molecule has 1 heterocycles. The summed E-state index contributed by atoms with van der Waals surface area (Å²) in [6.07, 6.45) is 4.06. The lowest BCUT2D eigenvalue weighted by Crippen LogP contribution is -2.20. The van der Waals surface area contributed by atoms with Crippen LogP contribution in [-0.2, 0) is 5.41 Å². The average molecular weight is 233 g/mol. The predicted molar refractivity (Wildman–Crippen MR) is 66.7 cm³/mol. The Morgan fingerprint density at radius 3 is 2.81 bits per heavy atom. The zero-order valence-corrected chi connectivity index (χ0v) is 9.67. The van der Waals surface area contributed by atoms with Crippen molar-refractivity contribution in [2.45, 2.75) is 18.3 Å². The van der Waals surface area contributed by atoms with E-state index in [-0.39, 0.29) is 5.41 Å². The Hall–Kier alpha value is -1.12. The molecule has 2 N–H and O–H groups in total. The Morgan fingerprint density at radius 1 is 1.31 bits per heavy atom. The molecular weight excluding hydrogens is 220 g/mol. The number of fused-ring (bicyclic) bond motifs is 1. The Morgan fingerprint density at radius 2 is 2.12 bits per heavy atom. The second-order valence-electron chi connectivity index (χ2n) is 4.48. The number of nitrogens with zero attached hydrogens (tertiary/aromatic N) is 1. The molecular formula is C13H13ClN2. The second kappa shape index (κ2) is 3.44. The number of hydrogen-bond acceptors (Lipinski definition) is 2. The van der Waals surface area contributed by atoms with E-state index in [1.165, 1.54) is 0 Å². The molecule has 3 heteroatoms. The highest BCUT2D eigenvalue weighted by Crippen LogP contribution is 2.51. The maximum Gasteiger partial charge on any atom is 0.0754 e. The van der Waals surface area contributed by atoms with Crippen LogP contribution in [0.25, 0.3) is 10.9 Å². The SMILES string of the molecule is NCC1(c2c(Cl)ccc3cccnc23)CC1. The molecule has 1 fully saturated rings. The lowest BCUT2D eigenvalue weighted by molar-refractivity contribution is 0.709. The first-order valence-corrected chi connectivity index (χ1v) is 5.88. The second-order valence-corrected chi connectivity index (χ2v) is 4.89. The summed E-state index contributed by atoms with van der Waals surface area (Å²) < 4.78 is 0. The molecule has 0 unspecified atom stereocenters. The van der Waals surface area contributed by atoms with Gasteiger partial charge in [-0.2, -0.15) is 0 Å². The van der Waals surface area contributed by atoms with Gasteiger partial charge in [0.15, 0.2) is 0 Å². The summed E-state index contributed by atoms with van der Waals surface area (Å²) >= 11 is 6.31. The lowest BCUT2D eigenvalue weighted by Gasteiger charge is -2.16. The van der Waals surface area contributed by atoms with Crippen LogP contribution >= 0.6 is 11.6 Å². The zero-order valence-electron chi connectivity index (χ0n) is 8.91. The van der Waals surface area contributed by atoms with Crippen LogP contribution in [-0.4, -0.2) is 11.5 Å². The monoisotopic (exact) mass is 232 g/mol. The summed E-state index contributed by atoms with van der Waals surface area (Å²) in [5.74, 6) is 0. The third kappa shape index (κ3) is 1.34. The molecule has 16 heavy (non-hydrogen) atoms. The van der Waals surface area contributed by atoms with Crippen LogP contribution in [0.5, 0.6) is 0 Å². The van der Waals surface area contributed by atoms with Gasteiger partial charge in [-0.3, -0.25) is 4.98 Å². The van der Waals surface area contributed by atoms with Crippen molar-refractivity contribution in [3.05, 3.63) is 41.0 Å². The fourth-order valence-corrected chi connectivity index (χ4v) is 2.69. The summed E-state index contributed by atoms with van der Waals surface area (Å²) in [7, 11) is 0. The van der Waals surface area contributed by atoms with E-state index in [2.05, 4.69) is 11.1 Å². The van der Waals surface area contributed by atoms with Gasteiger partial charge in [-0.15, -0.1) is 0 Å². The van der Waals surface area contributed by atoms with Gasteiger partial charge in [-0.25, -0.2) is 0 Å². The van der Waals surface area contributed by atoms with Gasteiger partial charge in [0.1, 0.15) is 0 Å². The highest BCUT2D eigenvalue weighted by molar-refractivity contribution is 6.32. The van der Waals surface area contributed by atoms with Crippen LogP contribution in [0.4, 0.5) is 0 Å². The quantitative estimate of drug-likeness (QED) is 0.865. The van der Waals surface area contributed by atoms with E-state index >= 15 is 0 Å². The minimum absolute atomic E-state index is 0.0882. The van der Waals surface area contributed by atoms with E-state index in [9.17, 15) is 0 Å². The topological polar surface area (TPSA) is 38.9 Å². The first-order chi connectivity index (χ1) is 7.77. The number of hydrogen-bond donors (Lipinski definition) is 1. The minimum Gasteiger partial charge on any atom is -0.330 e. The van der Waals surface area contributed by atoms with Gasteiger partial charge in [-0.05, 0) is 25.0 Å². The molecule has 1 aromatic carbocycles. The Kier molecular flexibility index (Phi) is 2.16. The van der Waals surface area contributed by atoms with E-state index in [0.29, 0.717) is 6.54 Å². The van der Waals surface area contributed by atoms with Gasteiger partial charge >= 0.3 is 0 Å². The summed E-state index contributed by atoms with van der Waals surface area (Å²) in [4.78, 5) is 4.46. The van der Waals surface area contributed by atoms with Crippen molar-refractivity contribution in [3.8, 4) is 0 Å². The van der Waals surface area contributed by atoms with E-state index in [4.69, 9.17) is 17.3 Å². The van der Waals surface area contributed by atoms with Crippen molar-refractivity contribution in [1.82, 2.24) is 4.98 Å². The number of rotatable bonds is 2. The molecule has 0 saturated heterocycles. The number of halogens is 1. The predicted octanol–water partition coefficient (Wildman–Crippen LogP) is 2.88. The van der Waals surface area contributed by atoms with Gasteiger partial charge in [0.2, 0.25) is 0 Å². The highest BCUT2D eigenvalue weighted by Gasteiger charge is 2.45. The molecule has 0 bridgehead atoms. The fourth-order valence-electron chi connectivity index (χ4n) is 2.33. The minimum atomic E-state index is 0.0882. The molecule has 2 aromatic rings. The number of pyridine rings is 1. The van der Waals surface area contributed by atoms with Crippen molar-refractivity contribution < 1.29 is 0 Å². The van der Waals surface area contributed by atoms with Gasteiger partial charge in [0.25, 0.3) is 0 Å². The summed E-state index contributed by atoms with van der Waals surface area (Å²) in [6, 6.07) is 7.98. The molecule has 1 aliphatic rings. The maximum atomic E-state index is 6.31. The third-order valence-corrected chi connectivity index (χ3v) is 3.81. The average Bonchev–Trinajstić information content (AvgIpc) is 3.10. The van der Waals surface area contributed by atoms with Crippen LogP contribution < -0.4 is 5.73 Å². The normalized spacial score (nSPS) is 17.6. The van der Waals surface area contributed by atoms with Crippen LogP contribution in [0.1, 0.15) is 18.4 Å². The number of aromatic nitrogens is 1. The van der Waals surface area contributed by atoms with Crippen LogP contribution in [0, 0.1) is 0 Å². The van der Waals surface area contributed by atoms with E-state index in [0.717, 1.165) is 34.3 Å². The van der Waals surface area contributed by atoms with Crippen molar-refractivity contribution >= 4 is 22.5 Å². The number of nitrogens with two attached hydrogens (primary N) is 1. The van der Waals surface area contributed by atoms with Gasteiger partial charge in [0.05, 0.1) is 5.52 Å². The molecule has 0 aliphatic heterocycles. The van der Waals surface area contributed by atoms with E-state index in [1.54, 1.807) is 0 Å². The van der Waals surface area contributed by atoms with Gasteiger partial charge in [0, 0.05) is 34.1 Å². The summed E-state index contributed by atoms with van der Waals surface area (Å²) in [5, 5.41) is 1.94. The molecule has 3 rings (SSSR count). The number of benzene rings is 1. The maximum absolute atomic E-state index is 6.31. The van der Waals surface area contributed by atoms with Crippen LogP contribution in [0.15, 0.2) is 30.5 Å². The van der Waals surface area contributed by atoms with Crippen molar-refractivity contribution in [2.24, 2.45) is 5.73 Å². The van der Waals surface area contributed by atoms with Gasteiger partial charge < -0.3 is 5.73 Å². The zero-order chi connectivity index (χ0) is 11.2. The third-order valence-electron chi connectivity index (χ3n) is 3.50. The molecule has 1 aromatic heterocycles. The largest absolute Gasteiger partial charge is 0.330 e. The first kappa shape index (κ1) is 10.1. The molecule has 1 aliphatic carbocycles. The van der Waals surface area contributed by atoms with E-state index in [1.807, 2.05) is 24.4 Å². The first-order valence-electron chi connectivity index (χ1n) is 5.51. The standard InChI is InChI=1S/C13H13ClN2/c14-10-4-3-9-2-1-7-16-12(9)11(10)13(8-15)5-6-13/h1-4,7H,5-6,8,15H2. The fraction of sp³-hybridized carbons (Fsp3) is 0.308. The molecule has 0 radical (unpaired) electrons. The van der Waals surface area contributed by atoms with Crippen molar-refractivity contribution in [1.29, 1.82) is 0 Å². The summed E-state index contributed by atoms with van der Waals surface area (Å²) in [5.41, 5.74) is 8.12. The molecule has 0 amide bonds. The molecule has 0 atom stereocenters. The van der Waals surface area contributed by atoms with Crippen molar-refractivity contribution in [3.63, 3.8) is 0 Å². The lowest BCUT2D eigenvalue weighted by atomic mass is 9.93. The van der Waals surface area contributed by atoms with Gasteiger partial charge in [-0.1, -0.05) is 23.7 Å². The van der Waals surface area contributed by atoms with Crippen LogP contribution in [0.2, 0.25) is 5.02 Å². The Labute approximate surface area is 99.4 Å². The Balaban J connectivity index is 2.33. The van der Waals surface area contributed by atoms with E-state index < -0.39 is 0 Å². The molecule has 2 nitrogen and oxygen atoms in total. The molecule has 82 valence electrons. The van der Waals surface area contributed by atoms with Crippen molar-refractivity contribution in [2.75, 3.05) is 6.54 Å². The molecule has 0 spiro atoms. The highest BCUT2D eigenvalue weighted by atomic mass is 35.5. The smallest absolute Gasteiger partial charge is 0.0754 e. The molecule has 1 saturated carbocycles. The summed E-state index contributed by atoms with van der Waals surface area (Å²) in [6.45, 7) is 0.655.